The topological polar surface area (TPSA) is 39.1 Å². The first-order valence-corrected chi connectivity index (χ1v) is 5.96. The van der Waals surface area contributed by atoms with Crippen LogP contribution in [0.3, 0.4) is 0 Å². The first kappa shape index (κ1) is 12.5. The highest BCUT2D eigenvalue weighted by Crippen LogP contribution is 2.27. The van der Waals surface area contributed by atoms with Crippen molar-refractivity contribution in [2.45, 2.75) is 38.6 Å². The number of nitrogens with zero attached hydrogens (tertiary/aromatic N) is 2. The van der Waals surface area contributed by atoms with Crippen molar-refractivity contribution >= 4 is 0 Å². The van der Waals surface area contributed by atoms with E-state index < -0.39 is 5.54 Å². The SMILES string of the molecule is CCN(CC1CCC1)CC(C)(C#N)NC. The van der Waals surface area contributed by atoms with Gasteiger partial charge in [0.2, 0.25) is 0 Å². The van der Waals surface area contributed by atoms with Crippen molar-refractivity contribution < 1.29 is 0 Å². The second-order valence-corrected chi connectivity index (χ2v) is 4.82. The third-order valence-electron chi connectivity index (χ3n) is 3.53. The molecule has 1 rings (SSSR count). The van der Waals surface area contributed by atoms with Gasteiger partial charge in [-0.3, -0.25) is 0 Å². The highest BCUT2D eigenvalue weighted by molar-refractivity contribution is 5.05. The lowest BCUT2D eigenvalue weighted by molar-refractivity contribution is 0.161. The summed E-state index contributed by atoms with van der Waals surface area (Å²) < 4.78 is 0. The van der Waals surface area contributed by atoms with Crippen molar-refractivity contribution in [3.8, 4) is 6.07 Å². The van der Waals surface area contributed by atoms with Gasteiger partial charge in [-0.15, -0.1) is 0 Å². The van der Waals surface area contributed by atoms with Gasteiger partial charge in [0.05, 0.1) is 6.07 Å². The molecular formula is C12H23N3. The molecule has 15 heavy (non-hydrogen) atoms. The highest BCUT2D eigenvalue weighted by atomic mass is 15.2. The lowest BCUT2D eigenvalue weighted by Crippen LogP contribution is -2.50. The number of rotatable bonds is 6. The molecule has 1 aliphatic carbocycles. The normalized spacial score (nSPS) is 20.7. The summed E-state index contributed by atoms with van der Waals surface area (Å²) in [5, 5.41) is 12.2. The maximum Gasteiger partial charge on any atom is 0.116 e. The van der Waals surface area contributed by atoms with Gasteiger partial charge in [-0.25, -0.2) is 0 Å². The van der Waals surface area contributed by atoms with Crippen LogP contribution in [0.2, 0.25) is 0 Å². The predicted octanol–water partition coefficient (Wildman–Crippen LogP) is 1.61. The average Bonchev–Trinajstić information content (AvgIpc) is 2.21. The van der Waals surface area contributed by atoms with Gasteiger partial charge in [0.1, 0.15) is 5.54 Å². The van der Waals surface area contributed by atoms with E-state index in [4.69, 9.17) is 5.26 Å². The van der Waals surface area contributed by atoms with Gasteiger partial charge >= 0.3 is 0 Å². The molecule has 1 saturated carbocycles. The van der Waals surface area contributed by atoms with Crippen LogP contribution in [-0.2, 0) is 0 Å². The highest BCUT2D eigenvalue weighted by Gasteiger charge is 2.27. The minimum absolute atomic E-state index is 0.403. The van der Waals surface area contributed by atoms with Gasteiger partial charge in [0.25, 0.3) is 0 Å². The molecule has 1 aliphatic rings. The maximum atomic E-state index is 9.10. The molecular weight excluding hydrogens is 186 g/mol. The summed E-state index contributed by atoms with van der Waals surface area (Å²) in [7, 11) is 1.86. The van der Waals surface area contributed by atoms with Crippen LogP contribution in [0.5, 0.6) is 0 Å². The fraction of sp³-hybridized carbons (Fsp3) is 0.917. The molecule has 0 amide bonds. The molecule has 86 valence electrons. The third kappa shape index (κ3) is 3.48. The van der Waals surface area contributed by atoms with Crippen LogP contribution >= 0.6 is 0 Å². The molecule has 0 aromatic rings. The number of hydrogen-bond acceptors (Lipinski definition) is 3. The zero-order valence-corrected chi connectivity index (χ0v) is 10.2. The second kappa shape index (κ2) is 5.48. The minimum atomic E-state index is -0.403. The van der Waals surface area contributed by atoms with Crippen LogP contribution in [0, 0.1) is 17.2 Å². The van der Waals surface area contributed by atoms with Crippen molar-refractivity contribution in [1.82, 2.24) is 10.2 Å². The fourth-order valence-corrected chi connectivity index (χ4v) is 1.96. The van der Waals surface area contributed by atoms with Crippen LogP contribution in [0.4, 0.5) is 0 Å². The molecule has 0 aromatic carbocycles. The van der Waals surface area contributed by atoms with Crippen molar-refractivity contribution in [2.24, 2.45) is 5.92 Å². The molecule has 3 heteroatoms. The summed E-state index contributed by atoms with van der Waals surface area (Å²) in [5.74, 6) is 0.879. The Morgan fingerprint density at radius 1 is 1.53 bits per heavy atom. The third-order valence-corrected chi connectivity index (χ3v) is 3.53. The van der Waals surface area contributed by atoms with E-state index in [2.05, 4.69) is 23.2 Å². The Kier molecular flexibility index (Phi) is 4.56. The zero-order chi connectivity index (χ0) is 11.3. The van der Waals surface area contributed by atoms with Crippen molar-refractivity contribution in [1.29, 1.82) is 5.26 Å². The minimum Gasteiger partial charge on any atom is -0.302 e. The molecule has 0 heterocycles. The first-order chi connectivity index (χ1) is 7.13. The van der Waals surface area contributed by atoms with Gasteiger partial charge in [-0.2, -0.15) is 5.26 Å². The van der Waals surface area contributed by atoms with Crippen molar-refractivity contribution in [3.63, 3.8) is 0 Å². The first-order valence-electron chi connectivity index (χ1n) is 5.96. The van der Waals surface area contributed by atoms with Gasteiger partial charge in [-0.1, -0.05) is 13.3 Å². The van der Waals surface area contributed by atoms with E-state index in [-0.39, 0.29) is 0 Å². The van der Waals surface area contributed by atoms with E-state index >= 15 is 0 Å². The molecule has 1 N–H and O–H groups in total. The Bertz CT molecular complexity index is 230. The Morgan fingerprint density at radius 3 is 2.53 bits per heavy atom. The molecule has 0 spiro atoms. The zero-order valence-electron chi connectivity index (χ0n) is 10.2. The second-order valence-electron chi connectivity index (χ2n) is 4.82. The van der Waals surface area contributed by atoms with E-state index in [0.29, 0.717) is 0 Å². The largest absolute Gasteiger partial charge is 0.302 e. The van der Waals surface area contributed by atoms with E-state index in [9.17, 15) is 0 Å². The summed E-state index contributed by atoms with van der Waals surface area (Å²) >= 11 is 0. The quantitative estimate of drug-likeness (QED) is 0.722. The van der Waals surface area contributed by atoms with Crippen LogP contribution in [0.15, 0.2) is 0 Å². The lowest BCUT2D eigenvalue weighted by atomic mass is 9.85. The standard InChI is InChI=1S/C12H23N3/c1-4-15(8-11-6-5-7-11)10-12(2,9-13)14-3/h11,14H,4-8,10H2,1-3H3. The maximum absolute atomic E-state index is 9.10. The number of nitriles is 1. The Hall–Kier alpha value is -0.590. The molecule has 1 fully saturated rings. The van der Waals surface area contributed by atoms with Crippen LogP contribution in [0.25, 0.3) is 0 Å². The van der Waals surface area contributed by atoms with E-state index in [0.717, 1.165) is 25.6 Å². The summed E-state index contributed by atoms with van der Waals surface area (Å²) in [5.41, 5.74) is -0.403. The monoisotopic (exact) mass is 209 g/mol. The molecule has 0 radical (unpaired) electrons. The van der Waals surface area contributed by atoms with E-state index in [1.807, 2.05) is 14.0 Å². The molecule has 0 bridgehead atoms. The van der Waals surface area contributed by atoms with Crippen molar-refractivity contribution in [2.75, 3.05) is 26.7 Å². The van der Waals surface area contributed by atoms with Crippen molar-refractivity contribution in [3.05, 3.63) is 0 Å². The summed E-state index contributed by atoms with van der Waals surface area (Å²) in [6.45, 7) is 7.17. The molecule has 1 atom stereocenters. The Labute approximate surface area is 93.5 Å². The summed E-state index contributed by atoms with van der Waals surface area (Å²) in [6.07, 6.45) is 4.14. The molecule has 1 unspecified atom stereocenters. The van der Waals surface area contributed by atoms with Gasteiger partial charge in [-0.05, 0) is 39.3 Å². The van der Waals surface area contributed by atoms with Crippen LogP contribution in [-0.4, -0.2) is 37.1 Å². The molecule has 3 nitrogen and oxygen atoms in total. The average molecular weight is 209 g/mol. The Morgan fingerprint density at radius 2 is 2.20 bits per heavy atom. The fourth-order valence-electron chi connectivity index (χ4n) is 1.96. The summed E-state index contributed by atoms with van der Waals surface area (Å²) in [6, 6.07) is 2.35. The number of hydrogen-bond donors (Lipinski definition) is 1. The smallest absolute Gasteiger partial charge is 0.116 e. The summed E-state index contributed by atoms with van der Waals surface area (Å²) in [4.78, 5) is 2.39. The van der Waals surface area contributed by atoms with Gasteiger partial charge in [0.15, 0.2) is 0 Å². The molecule has 0 saturated heterocycles. The number of likely N-dealkylation sites (N-methyl/N-ethyl adjacent to an activating group) is 2. The van der Waals surface area contributed by atoms with Crippen LogP contribution < -0.4 is 5.32 Å². The lowest BCUT2D eigenvalue weighted by Gasteiger charge is -2.35. The number of nitrogens with one attached hydrogen (secondary N) is 1. The van der Waals surface area contributed by atoms with Gasteiger partial charge in [0, 0.05) is 13.1 Å². The van der Waals surface area contributed by atoms with E-state index in [1.54, 1.807) is 0 Å². The Balaban J connectivity index is 2.41. The van der Waals surface area contributed by atoms with Gasteiger partial charge < -0.3 is 10.2 Å². The predicted molar refractivity (Wildman–Crippen MR) is 62.5 cm³/mol. The van der Waals surface area contributed by atoms with Crippen LogP contribution in [0.1, 0.15) is 33.1 Å². The van der Waals surface area contributed by atoms with E-state index in [1.165, 1.54) is 19.3 Å². The molecule has 0 aromatic heterocycles. The molecule has 0 aliphatic heterocycles.